The predicted molar refractivity (Wildman–Crippen MR) is 106 cm³/mol. The second-order valence-corrected chi connectivity index (χ2v) is 7.46. The number of hydrogen-bond acceptors (Lipinski definition) is 6. The van der Waals surface area contributed by atoms with Gasteiger partial charge in [0.2, 0.25) is 23.6 Å². The van der Waals surface area contributed by atoms with Crippen molar-refractivity contribution >= 4 is 35.4 Å². The van der Waals surface area contributed by atoms with Crippen molar-refractivity contribution in [2.24, 2.45) is 5.41 Å². The van der Waals surface area contributed by atoms with E-state index in [1.807, 2.05) is 6.92 Å². The maximum Gasteiger partial charge on any atom is 0.254 e. The van der Waals surface area contributed by atoms with E-state index in [-0.39, 0.29) is 31.3 Å². The molecule has 0 spiro atoms. The van der Waals surface area contributed by atoms with Gasteiger partial charge in [0.1, 0.15) is 6.54 Å². The van der Waals surface area contributed by atoms with Crippen molar-refractivity contribution in [3.05, 3.63) is 12.2 Å². The molecule has 4 N–H and O–H groups in total. The highest BCUT2D eigenvalue weighted by Gasteiger charge is 2.29. The molecule has 1 aliphatic rings. The number of carbonyl (C=O) groups is 6. The van der Waals surface area contributed by atoms with Gasteiger partial charge in [-0.15, -0.1) is 0 Å². The Morgan fingerprint density at radius 1 is 0.967 bits per heavy atom. The molecule has 0 saturated heterocycles. The van der Waals surface area contributed by atoms with E-state index >= 15 is 0 Å². The molecule has 166 valence electrons. The summed E-state index contributed by atoms with van der Waals surface area (Å²) in [6.07, 6.45) is 2.48. The molecule has 6 amide bonds. The Bertz CT molecular complexity index is 728. The van der Waals surface area contributed by atoms with Crippen LogP contribution in [-0.4, -0.2) is 66.6 Å². The maximum absolute atomic E-state index is 12.4. The highest BCUT2D eigenvalue weighted by atomic mass is 16.2. The lowest BCUT2D eigenvalue weighted by atomic mass is 9.88. The van der Waals surface area contributed by atoms with Crippen LogP contribution in [0.25, 0.3) is 0 Å². The van der Waals surface area contributed by atoms with Crippen molar-refractivity contribution in [2.45, 2.75) is 46.1 Å². The Balaban J connectivity index is 2.51. The number of nitrogens with one attached hydrogen (secondary N) is 4. The zero-order chi connectivity index (χ0) is 22.9. The van der Waals surface area contributed by atoms with Gasteiger partial charge in [0, 0.05) is 43.5 Å². The standard InChI is InChI=1S/C19H29N5O6/c1-5-19(2,3)18(30)23-12(8-13(25)20-4)9-14(26)21-11-22-15(27)10-24-16(28)6-7-17(24)29/h6-7,12H,5,8-11H2,1-4H3,(H,20,25)(H,21,26)(H,22,27)(H,23,30). The normalized spacial score (nSPS) is 14.3. The third kappa shape index (κ3) is 7.64. The number of imide groups is 1. The molecule has 0 aromatic rings. The first-order chi connectivity index (χ1) is 14.0. The first kappa shape index (κ1) is 24.8. The molecule has 0 fully saturated rings. The van der Waals surface area contributed by atoms with Crippen LogP contribution in [0.1, 0.15) is 40.0 Å². The number of hydrogen-bond donors (Lipinski definition) is 4. The largest absolute Gasteiger partial charge is 0.359 e. The Morgan fingerprint density at radius 3 is 2.03 bits per heavy atom. The average Bonchev–Trinajstić information content (AvgIpc) is 2.99. The minimum absolute atomic E-state index is 0.0754. The van der Waals surface area contributed by atoms with Gasteiger partial charge in [-0.1, -0.05) is 20.8 Å². The summed E-state index contributed by atoms with van der Waals surface area (Å²) >= 11 is 0. The van der Waals surface area contributed by atoms with Gasteiger partial charge < -0.3 is 21.3 Å². The van der Waals surface area contributed by atoms with Crippen molar-refractivity contribution in [1.29, 1.82) is 0 Å². The topological polar surface area (TPSA) is 154 Å². The van der Waals surface area contributed by atoms with Gasteiger partial charge >= 0.3 is 0 Å². The monoisotopic (exact) mass is 423 g/mol. The maximum atomic E-state index is 12.4. The molecule has 1 aliphatic heterocycles. The molecule has 1 rings (SSSR count). The second kappa shape index (κ2) is 11.1. The van der Waals surface area contributed by atoms with E-state index in [1.54, 1.807) is 13.8 Å². The van der Waals surface area contributed by atoms with E-state index in [9.17, 15) is 28.8 Å². The van der Waals surface area contributed by atoms with Crippen LogP contribution in [0.3, 0.4) is 0 Å². The van der Waals surface area contributed by atoms with Crippen LogP contribution in [0.5, 0.6) is 0 Å². The minimum atomic E-state index is -0.718. The zero-order valence-corrected chi connectivity index (χ0v) is 17.7. The average molecular weight is 423 g/mol. The van der Waals surface area contributed by atoms with Crippen LogP contribution >= 0.6 is 0 Å². The molecule has 0 aliphatic carbocycles. The fourth-order valence-corrected chi connectivity index (χ4v) is 2.37. The molecular weight excluding hydrogens is 394 g/mol. The molecule has 11 nitrogen and oxygen atoms in total. The van der Waals surface area contributed by atoms with Crippen LogP contribution < -0.4 is 21.3 Å². The number of nitrogens with zero attached hydrogens (tertiary/aromatic N) is 1. The molecule has 0 aromatic carbocycles. The lowest BCUT2D eigenvalue weighted by molar-refractivity contribution is -0.141. The van der Waals surface area contributed by atoms with Crippen LogP contribution in [0, 0.1) is 5.41 Å². The van der Waals surface area contributed by atoms with Gasteiger partial charge in [-0.3, -0.25) is 33.7 Å². The van der Waals surface area contributed by atoms with Gasteiger partial charge in [0.05, 0.1) is 6.67 Å². The summed E-state index contributed by atoms with van der Waals surface area (Å²) in [5.41, 5.74) is -0.648. The lowest BCUT2D eigenvalue weighted by Gasteiger charge is -2.26. The summed E-state index contributed by atoms with van der Waals surface area (Å²) in [5, 5.41) is 10.00. The summed E-state index contributed by atoms with van der Waals surface area (Å²) in [5.74, 6) is -2.88. The van der Waals surface area contributed by atoms with E-state index < -0.39 is 41.6 Å². The van der Waals surface area contributed by atoms with Gasteiger partial charge in [-0.25, -0.2) is 0 Å². The molecule has 30 heavy (non-hydrogen) atoms. The van der Waals surface area contributed by atoms with Crippen LogP contribution in [0.15, 0.2) is 12.2 Å². The minimum Gasteiger partial charge on any atom is -0.359 e. The Labute approximate surface area is 175 Å². The summed E-state index contributed by atoms with van der Waals surface area (Å²) in [6.45, 7) is 4.70. The first-order valence-corrected chi connectivity index (χ1v) is 9.58. The van der Waals surface area contributed by atoms with Gasteiger partial charge in [-0.05, 0) is 6.42 Å². The van der Waals surface area contributed by atoms with E-state index in [0.29, 0.717) is 6.42 Å². The van der Waals surface area contributed by atoms with Crippen molar-refractivity contribution in [3.63, 3.8) is 0 Å². The molecule has 1 heterocycles. The summed E-state index contributed by atoms with van der Waals surface area (Å²) in [7, 11) is 1.46. The third-order valence-electron chi connectivity index (χ3n) is 4.75. The van der Waals surface area contributed by atoms with E-state index in [1.165, 1.54) is 7.05 Å². The fourth-order valence-electron chi connectivity index (χ4n) is 2.37. The lowest BCUT2D eigenvalue weighted by Crippen LogP contribution is -2.48. The van der Waals surface area contributed by atoms with Crippen LogP contribution in [0.4, 0.5) is 0 Å². The van der Waals surface area contributed by atoms with Gasteiger partial charge in [0.15, 0.2) is 0 Å². The Morgan fingerprint density at radius 2 is 1.50 bits per heavy atom. The smallest absolute Gasteiger partial charge is 0.254 e. The number of amides is 6. The zero-order valence-electron chi connectivity index (χ0n) is 17.7. The van der Waals surface area contributed by atoms with E-state index in [2.05, 4.69) is 21.3 Å². The SMILES string of the molecule is CCC(C)(C)C(=O)NC(CC(=O)NC)CC(=O)NCNC(=O)CN1C(=O)C=CC1=O. The molecule has 1 atom stereocenters. The molecule has 0 aromatic heterocycles. The van der Waals surface area contributed by atoms with E-state index in [4.69, 9.17) is 0 Å². The first-order valence-electron chi connectivity index (χ1n) is 9.58. The van der Waals surface area contributed by atoms with Gasteiger partial charge in [0.25, 0.3) is 11.8 Å². The summed E-state index contributed by atoms with van der Waals surface area (Å²) in [6, 6.07) is -0.718. The van der Waals surface area contributed by atoms with Crippen LogP contribution in [0.2, 0.25) is 0 Å². The predicted octanol–water partition coefficient (Wildman–Crippen LogP) is -1.45. The number of carbonyl (C=O) groups excluding carboxylic acids is 6. The highest BCUT2D eigenvalue weighted by Crippen LogP contribution is 2.20. The fraction of sp³-hybridized carbons (Fsp3) is 0.579. The molecule has 0 bridgehead atoms. The van der Waals surface area contributed by atoms with Crippen molar-refractivity contribution in [3.8, 4) is 0 Å². The molecular formula is C19H29N5O6. The Kier molecular flexibility index (Phi) is 9.16. The van der Waals surface area contributed by atoms with E-state index in [0.717, 1.165) is 17.1 Å². The third-order valence-corrected chi connectivity index (χ3v) is 4.75. The molecule has 0 saturated carbocycles. The summed E-state index contributed by atoms with van der Waals surface area (Å²) in [4.78, 5) is 71.7. The number of rotatable bonds is 11. The molecule has 11 heteroatoms. The molecule has 1 unspecified atom stereocenters. The molecule has 0 radical (unpaired) electrons. The Hall–Kier alpha value is -3.24. The van der Waals surface area contributed by atoms with Gasteiger partial charge in [-0.2, -0.15) is 0 Å². The highest BCUT2D eigenvalue weighted by molar-refractivity contribution is 6.14. The van der Waals surface area contributed by atoms with Crippen LogP contribution in [-0.2, 0) is 28.8 Å². The quantitative estimate of drug-likeness (QED) is 0.235. The van der Waals surface area contributed by atoms with Crippen molar-refractivity contribution in [1.82, 2.24) is 26.2 Å². The van der Waals surface area contributed by atoms with Crippen molar-refractivity contribution in [2.75, 3.05) is 20.3 Å². The summed E-state index contributed by atoms with van der Waals surface area (Å²) < 4.78 is 0. The second-order valence-electron chi connectivity index (χ2n) is 7.46. The van der Waals surface area contributed by atoms with Crippen molar-refractivity contribution < 1.29 is 28.8 Å².